The third-order valence-corrected chi connectivity index (χ3v) is 5.71. The van der Waals surface area contributed by atoms with Gasteiger partial charge in [0, 0.05) is 31.7 Å². The van der Waals surface area contributed by atoms with Crippen molar-refractivity contribution in [2.75, 3.05) is 68.1 Å². The Morgan fingerprint density at radius 3 is 2.04 bits per heavy atom. The molecule has 2 aliphatic rings. The highest BCUT2D eigenvalue weighted by molar-refractivity contribution is 7.22. The first-order chi connectivity index (χ1) is 13.8. The predicted octanol–water partition coefficient (Wildman–Crippen LogP) is 1.40. The van der Waals surface area contributed by atoms with E-state index in [9.17, 15) is 0 Å². The molecule has 0 radical (unpaired) electrons. The summed E-state index contributed by atoms with van der Waals surface area (Å²) < 4.78 is 12.0. The third kappa shape index (κ3) is 3.46. The highest BCUT2D eigenvalue weighted by Crippen LogP contribution is 2.29. The SMILES string of the molecule is Nc1nc2ccc(-c3nc(N4CCOCC4)nc(N4CCOCC4)n3)cc2s1. The van der Waals surface area contributed by atoms with Gasteiger partial charge in [0.25, 0.3) is 0 Å². The molecule has 2 aliphatic heterocycles. The van der Waals surface area contributed by atoms with Gasteiger partial charge in [0.15, 0.2) is 11.0 Å². The van der Waals surface area contributed by atoms with Crippen LogP contribution in [-0.4, -0.2) is 72.5 Å². The number of thiazole rings is 1. The molecule has 9 nitrogen and oxygen atoms in total. The summed E-state index contributed by atoms with van der Waals surface area (Å²) in [4.78, 5) is 23.0. The van der Waals surface area contributed by atoms with Crippen LogP contribution in [0.1, 0.15) is 0 Å². The quantitative estimate of drug-likeness (QED) is 0.700. The molecule has 0 unspecified atom stereocenters. The van der Waals surface area contributed by atoms with Crippen LogP contribution in [0.15, 0.2) is 18.2 Å². The van der Waals surface area contributed by atoms with E-state index in [0.717, 1.165) is 42.0 Å². The van der Waals surface area contributed by atoms with Crippen molar-refractivity contribution < 1.29 is 9.47 Å². The van der Waals surface area contributed by atoms with Crippen LogP contribution in [0, 0.1) is 0 Å². The summed E-state index contributed by atoms with van der Waals surface area (Å²) in [6, 6.07) is 6.00. The number of hydrogen-bond donors (Lipinski definition) is 1. The van der Waals surface area contributed by atoms with Crippen molar-refractivity contribution in [2.45, 2.75) is 0 Å². The number of hydrogen-bond acceptors (Lipinski definition) is 10. The molecule has 0 amide bonds. The molecule has 2 saturated heterocycles. The van der Waals surface area contributed by atoms with Crippen LogP contribution < -0.4 is 15.5 Å². The summed E-state index contributed by atoms with van der Waals surface area (Å²) in [5, 5.41) is 0.561. The highest BCUT2D eigenvalue weighted by Gasteiger charge is 2.21. The first-order valence-corrected chi connectivity index (χ1v) is 10.2. The second-order valence-corrected chi connectivity index (χ2v) is 7.75. The Morgan fingerprint density at radius 2 is 1.43 bits per heavy atom. The lowest BCUT2D eigenvalue weighted by atomic mass is 10.2. The van der Waals surface area contributed by atoms with E-state index < -0.39 is 0 Å². The Balaban J connectivity index is 1.57. The monoisotopic (exact) mass is 399 g/mol. The molecule has 0 saturated carbocycles. The molecule has 0 spiro atoms. The lowest BCUT2D eigenvalue weighted by Gasteiger charge is -2.30. The normalized spacial score (nSPS) is 18.0. The molecular formula is C18H21N7O2S. The minimum Gasteiger partial charge on any atom is -0.378 e. The first-order valence-electron chi connectivity index (χ1n) is 9.34. The molecular weight excluding hydrogens is 378 g/mol. The Labute approximate surface area is 166 Å². The van der Waals surface area contributed by atoms with Crippen LogP contribution >= 0.6 is 11.3 Å². The zero-order valence-corrected chi connectivity index (χ0v) is 16.2. The van der Waals surface area contributed by atoms with Crippen molar-refractivity contribution in [1.82, 2.24) is 19.9 Å². The minimum absolute atomic E-state index is 0.561. The van der Waals surface area contributed by atoms with Crippen LogP contribution in [0.3, 0.4) is 0 Å². The average molecular weight is 399 g/mol. The largest absolute Gasteiger partial charge is 0.378 e. The first kappa shape index (κ1) is 17.5. The summed E-state index contributed by atoms with van der Waals surface area (Å²) >= 11 is 1.47. The summed E-state index contributed by atoms with van der Waals surface area (Å²) in [7, 11) is 0. The van der Waals surface area contributed by atoms with Crippen molar-refractivity contribution in [2.24, 2.45) is 0 Å². The van der Waals surface area contributed by atoms with Gasteiger partial charge < -0.3 is 25.0 Å². The van der Waals surface area contributed by atoms with Crippen LogP contribution in [0.5, 0.6) is 0 Å². The van der Waals surface area contributed by atoms with Gasteiger partial charge in [-0.05, 0) is 18.2 Å². The number of nitrogen functional groups attached to an aromatic ring is 1. The lowest BCUT2D eigenvalue weighted by molar-refractivity contribution is 0.121. The molecule has 2 aromatic heterocycles. The van der Waals surface area contributed by atoms with E-state index in [1.165, 1.54) is 11.3 Å². The van der Waals surface area contributed by atoms with E-state index in [0.29, 0.717) is 49.3 Å². The van der Waals surface area contributed by atoms with Gasteiger partial charge >= 0.3 is 0 Å². The summed E-state index contributed by atoms with van der Waals surface area (Å²) in [6.45, 7) is 5.82. The fourth-order valence-electron chi connectivity index (χ4n) is 3.37. The van der Waals surface area contributed by atoms with Crippen molar-refractivity contribution in [3.05, 3.63) is 18.2 Å². The number of morpholine rings is 2. The molecule has 146 valence electrons. The molecule has 0 atom stereocenters. The third-order valence-electron chi connectivity index (χ3n) is 4.86. The molecule has 3 aromatic rings. The summed E-state index contributed by atoms with van der Waals surface area (Å²) in [6.07, 6.45) is 0. The zero-order valence-electron chi connectivity index (χ0n) is 15.4. The molecule has 2 N–H and O–H groups in total. The lowest BCUT2D eigenvalue weighted by Crippen LogP contribution is -2.40. The average Bonchev–Trinajstić information content (AvgIpc) is 3.14. The fraction of sp³-hybridized carbons (Fsp3) is 0.444. The maximum atomic E-state index is 5.85. The number of nitrogens with two attached hydrogens (primary N) is 1. The Hall–Kier alpha value is -2.56. The molecule has 2 fully saturated rings. The van der Waals surface area contributed by atoms with E-state index >= 15 is 0 Å². The fourth-order valence-corrected chi connectivity index (χ4v) is 4.15. The number of fused-ring (bicyclic) bond motifs is 1. The van der Waals surface area contributed by atoms with E-state index in [-0.39, 0.29) is 0 Å². The van der Waals surface area contributed by atoms with E-state index in [1.807, 2.05) is 18.2 Å². The second-order valence-electron chi connectivity index (χ2n) is 6.69. The van der Waals surface area contributed by atoms with Crippen molar-refractivity contribution in [3.63, 3.8) is 0 Å². The molecule has 0 aliphatic carbocycles. The van der Waals surface area contributed by atoms with E-state index in [4.69, 9.17) is 30.2 Å². The topological polar surface area (TPSA) is 103 Å². The minimum atomic E-state index is 0.561. The van der Waals surface area contributed by atoms with Gasteiger partial charge in [0.05, 0.1) is 36.6 Å². The van der Waals surface area contributed by atoms with Gasteiger partial charge in [-0.25, -0.2) is 4.98 Å². The number of aromatic nitrogens is 4. The Kier molecular flexibility index (Phi) is 4.67. The van der Waals surface area contributed by atoms with Crippen molar-refractivity contribution >= 4 is 38.6 Å². The summed E-state index contributed by atoms with van der Waals surface area (Å²) in [5.74, 6) is 2.05. The number of anilines is 3. The van der Waals surface area contributed by atoms with Gasteiger partial charge in [-0.15, -0.1) is 0 Å². The molecule has 5 rings (SSSR count). The zero-order chi connectivity index (χ0) is 18.9. The van der Waals surface area contributed by atoms with Gasteiger partial charge in [-0.3, -0.25) is 0 Å². The molecule has 0 bridgehead atoms. The maximum Gasteiger partial charge on any atom is 0.230 e. The highest BCUT2D eigenvalue weighted by atomic mass is 32.1. The van der Waals surface area contributed by atoms with Crippen molar-refractivity contribution in [1.29, 1.82) is 0 Å². The van der Waals surface area contributed by atoms with Crippen molar-refractivity contribution in [3.8, 4) is 11.4 Å². The Morgan fingerprint density at radius 1 is 0.821 bits per heavy atom. The standard InChI is InChI=1S/C18H21N7O2S/c19-16-20-13-2-1-12(11-14(13)28-16)15-21-17(24-3-7-26-8-4-24)23-18(22-15)25-5-9-27-10-6-25/h1-2,11H,3-10H2,(H2,19,20). The number of rotatable bonds is 3. The van der Waals surface area contributed by atoms with Crippen LogP contribution in [0.25, 0.3) is 21.6 Å². The van der Waals surface area contributed by atoms with Gasteiger partial charge in [0.1, 0.15) is 0 Å². The summed E-state index contributed by atoms with van der Waals surface area (Å²) in [5.41, 5.74) is 7.68. The molecule has 4 heterocycles. The second kappa shape index (κ2) is 7.46. The smallest absolute Gasteiger partial charge is 0.230 e. The van der Waals surface area contributed by atoms with Crippen LogP contribution in [-0.2, 0) is 9.47 Å². The van der Waals surface area contributed by atoms with Gasteiger partial charge in [-0.1, -0.05) is 11.3 Å². The van der Waals surface area contributed by atoms with Crippen LogP contribution in [0.2, 0.25) is 0 Å². The molecule has 28 heavy (non-hydrogen) atoms. The number of ether oxygens (including phenoxy) is 2. The number of benzene rings is 1. The molecule has 10 heteroatoms. The van der Waals surface area contributed by atoms with E-state index in [1.54, 1.807) is 0 Å². The number of nitrogens with zero attached hydrogens (tertiary/aromatic N) is 6. The molecule has 1 aromatic carbocycles. The maximum absolute atomic E-state index is 5.85. The predicted molar refractivity (Wildman–Crippen MR) is 109 cm³/mol. The van der Waals surface area contributed by atoms with E-state index in [2.05, 4.69) is 14.8 Å². The van der Waals surface area contributed by atoms with Gasteiger partial charge in [-0.2, -0.15) is 15.0 Å². The van der Waals surface area contributed by atoms with Crippen LogP contribution in [0.4, 0.5) is 17.0 Å². The van der Waals surface area contributed by atoms with Gasteiger partial charge in [0.2, 0.25) is 11.9 Å². The Bertz CT molecular complexity index is 947.